The molecule has 0 aliphatic rings. The van der Waals surface area contributed by atoms with E-state index in [0.717, 1.165) is 22.3 Å². The molecule has 0 spiro atoms. The van der Waals surface area contributed by atoms with E-state index in [2.05, 4.69) is 19.9 Å². The van der Waals surface area contributed by atoms with Crippen LogP contribution in [0.3, 0.4) is 0 Å². The number of nitrogens with one attached hydrogen (secondary N) is 1. The number of aromatic amines is 1. The lowest BCUT2D eigenvalue weighted by Gasteiger charge is -1.99. The molecule has 3 aromatic rings. The lowest BCUT2D eigenvalue weighted by molar-refractivity contribution is 1.29. The van der Waals surface area contributed by atoms with Crippen molar-refractivity contribution in [2.45, 2.75) is 0 Å². The van der Waals surface area contributed by atoms with E-state index in [1.807, 2.05) is 18.2 Å². The third-order valence-electron chi connectivity index (χ3n) is 2.28. The molecule has 0 radical (unpaired) electrons. The van der Waals surface area contributed by atoms with Gasteiger partial charge in [0.25, 0.3) is 0 Å². The van der Waals surface area contributed by atoms with Crippen LogP contribution >= 0.6 is 0 Å². The van der Waals surface area contributed by atoms with Gasteiger partial charge in [0.15, 0.2) is 0 Å². The molecular weight excluding hydrogens is 188 g/mol. The first-order valence-corrected chi connectivity index (χ1v) is 4.63. The van der Waals surface area contributed by atoms with Crippen molar-refractivity contribution in [3.8, 4) is 11.3 Å². The van der Waals surface area contributed by atoms with Crippen molar-refractivity contribution in [2.24, 2.45) is 0 Å². The number of aromatic nitrogens is 4. The van der Waals surface area contributed by atoms with Gasteiger partial charge in [-0.05, 0) is 12.1 Å². The van der Waals surface area contributed by atoms with Gasteiger partial charge < -0.3 is 4.98 Å². The molecule has 1 aromatic carbocycles. The molecule has 0 saturated heterocycles. The number of H-pyrrole nitrogens is 1. The molecule has 0 atom stereocenters. The Hall–Kier alpha value is -2.23. The molecule has 1 N–H and O–H groups in total. The number of fused-ring (bicyclic) bond motifs is 1. The van der Waals surface area contributed by atoms with Crippen LogP contribution in [-0.2, 0) is 0 Å². The Morgan fingerprint density at radius 2 is 1.87 bits per heavy atom. The summed E-state index contributed by atoms with van der Waals surface area (Å²) in [7, 11) is 0. The summed E-state index contributed by atoms with van der Waals surface area (Å²) in [6.45, 7) is 0. The molecule has 2 aromatic heterocycles. The standard InChI is InChI=1S/C11H8N4/c1-2-9-10(14-4-3-13-9)5-8(1)11-6-12-7-15-11/h1-7H,(H,12,15). The average molecular weight is 196 g/mol. The second kappa shape index (κ2) is 3.16. The average Bonchev–Trinajstić information content (AvgIpc) is 2.82. The van der Waals surface area contributed by atoms with Crippen LogP contribution < -0.4 is 0 Å². The van der Waals surface area contributed by atoms with Crippen LogP contribution in [0.15, 0.2) is 43.1 Å². The molecule has 0 saturated carbocycles. The predicted molar refractivity (Wildman–Crippen MR) is 57.1 cm³/mol. The smallest absolute Gasteiger partial charge is 0.0924 e. The van der Waals surface area contributed by atoms with Crippen molar-refractivity contribution in [1.82, 2.24) is 19.9 Å². The summed E-state index contributed by atoms with van der Waals surface area (Å²) in [6.07, 6.45) is 6.84. The number of benzene rings is 1. The van der Waals surface area contributed by atoms with Gasteiger partial charge >= 0.3 is 0 Å². The molecule has 72 valence electrons. The third kappa shape index (κ3) is 1.36. The fourth-order valence-electron chi connectivity index (χ4n) is 1.54. The van der Waals surface area contributed by atoms with Crippen molar-refractivity contribution in [3.05, 3.63) is 43.1 Å². The summed E-state index contributed by atoms with van der Waals surface area (Å²) in [5.41, 5.74) is 3.86. The topological polar surface area (TPSA) is 54.5 Å². The van der Waals surface area contributed by atoms with E-state index < -0.39 is 0 Å². The van der Waals surface area contributed by atoms with Gasteiger partial charge in [0.2, 0.25) is 0 Å². The molecule has 0 fully saturated rings. The number of imidazole rings is 1. The lowest BCUT2D eigenvalue weighted by Crippen LogP contribution is -1.83. The van der Waals surface area contributed by atoms with Crippen molar-refractivity contribution in [1.29, 1.82) is 0 Å². The van der Waals surface area contributed by atoms with E-state index in [9.17, 15) is 0 Å². The van der Waals surface area contributed by atoms with Gasteiger partial charge in [-0.3, -0.25) is 9.97 Å². The Morgan fingerprint density at radius 1 is 1.00 bits per heavy atom. The van der Waals surface area contributed by atoms with Crippen molar-refractivity contribution in [2.75, 3.05) is 0 Å². The Balaban J connectivity index is 2.22. The molecule has 2 heterocycles. The molecular formula is C11H8N4. The van der Waals surface area contributed by atoms with Crippen molar-refractivity contribution < 1.29 is 0 Å². The molecule has 0 aliphatic heterocycles. The van der Waals surface area contributed by atoms with Gasteiger partial charge in [0.05, 0.1) is 29.3 Å². The van der Waals surface area contributed by atoms with Crippen LogP contribution in [0.25, 0.3) is 22.3 Å². The third-order valence-corrected chi connectivity index (χ3v) is 2.28. The molecule has 0 aliphatic carbocycles. The summed E-state index contributed by atoms with van der Waals surface area (Å²) in [5.74, 6) is 0. The Kier molecular flexibility index (Phi) is 1.71. The van der Waals surface area contributed by atoms with Crippen molar-refractivity contribution in [3.63, 3.8) is 0 Å². The fourth-order valence-corrected chi connectivity index (χ4v) is 1.54. The minimum Gasteiger partial charge on any atom is -0.345 e. The first-order valence-electron chi connectivity index (χ1n) is 4.63. The number of nitrogens with zero attached hydrogens (tertiary/aromatic N) is 3. The predicted octanol–water partition coefficient (Wildman–Crippen LogP) is 2.02. The van der Waals surface area contributed by atoms with E-state index in [1.165, 1.54) is 0 Å². The highest BCUT2D eigenvalue weighted by Crippen LogP contribution is 2.19. The second-order valence-electron chi connectivity index (χ2n) is 3.23. The van der Waals surface area contributed by atoms with Crippen LogP contribution in [0.1, 0.15) is 0 Å². The molecule has 0 unspecified atom stereocenters. The van der Waals surface area contributed by atoms with Gasteiger partial charge in [0, 0.05) is 18.0 Å². The van der Waals surface area contributed by atoms with E-state index in [0.29, 0.717) is 0 Å². The highest BCUT2D eigenvalue weighted by molar-refractivity contribution is 5.79. The van der Waals surface area contributed by atoms with Crippen LogP contribution in [0.2, 0.25) is 0 Å². The maximum Gasteiger partial charge on any atom is 0.0924 e. The Morgan fingerprint density at radius 3 is 2.67 bits per heavy atom. The van der Waals surface area contributed by atoms with E-state index in [1.54, 1.807) is 24.9 Å². The normalized spacial score (nSPS) is 10.7. The number of hydrogen-bond donors (Lipinski definition) is 1. The van der Waals surface area contributed by atoms with E-state index in [-0.39, 0.29) is 0 Å². The molecule has 0 amide bonds. The largest absolute Gasteiger partial charge is 0.345 e. The van der Waals surface area contributed by atoms with Gasteiger partial charge in [-0.2, -0.15) is 0 Å². The zero-order valence-electron chi connectivity index (χ0n) is 7.88. The first-order chi connectivity index (χ1) is 7.43. The van der Waals surface area contributed by atoms with Gasteiger partial charge in [0.1, 0.15) is 0 Å². The first kappa shape index (κ1) is 8.11. The molecule has 3 rings (SSSR count). The fraction of sp³-hybridized carbons (Fsp3) is 0. The molecule has 4 nitrogen and oxygen atoms in total. The summed E-state index contributed by atoms with van der Waals surface area (Å²) in [6, 6.07) is 5.96. The van der Waals surface area contributed by atoms with Crippen molar-refractivity contribution >= 4 is 11.0 Å². The second-order valence-corrected chi connectivity index (χ2v) is 3.23. The lowest BCUT2D eigenvalue weighted by atomic mass is 10.1. The summed E-state index contributed by atoms with van der Waals surface area (Å²) < 4.78 is 0. The van der Waals surface area contributed by atoms with Crippen LogP contribution in [0, 0.1) is 0 Å². The summed E-state index contributed by atoms with van der Waals surface area (Å²) in [4.78, 5) is 15.5. The zero-order chi connectivity index (χ0) is 10.1. The Bertz CT molecular complexity index is 586. The van der Waals surface area contributed by atoms with Crippen LogP contribution in [0.5, 0.6) is 0 Å². The highest BCUT2D eigenvalue weighted by Gasteiger charge is 2.01. The number of hydrogen-bond acceptors (Lipinski definition) is 3. The van der Waals surface area contributed by atoms with Crippen LogP contribution in [0.4, 0.5) is 0 Å². The molecule has 4 heteroatoms. The SMILES string of the molecule is c1cnc2cc(-c3cnc[nH]3)ccc2n1. The zero-order valence-corrected chi connectivity index (χ0v) is 7.88. The maximum atomic E-state index is 4.25. The quantitative estimate of drug-likeness (QED) is 0.647. The van der Waals surface area contributed by atoms with Gasteiger partial charge in [-0.25, -0.2) is 4.98 Å². The minimum absolute atomic E-state index is 0.893. The maximum absolute atomic E-state index is 4.25. The molecule has 0 bridgehead atoms. The minimum atomic E-state index is 0.893. The molecule has 15 heavy (non-hydrogen) atoms. The van der Waals surface area contributed by atoms with Crippen LogP contribution in [-0.4, -0.2) is 19.9 Å². The van der Waals surface area contributed by atoms with E-state index in [4.69, 9.17) is 0 Å². The summed E-state index contributed by atoms with van der Waals surface area (Å²) in [5, 5.41) is 0. The number of rotatable bonds is 1. The van der Waals surface area contributed by atoms with Gasteiger partial charge in [-0.1, -0.05) is 6.07 Å². The van der Waals surface area contributed by atoms with Gasteiger partial charge in [-0.15, -0.1) is 0 Å². The van der Waals surface area contributed by atoms with E-state index >= 15 is 0 Å². The highest BCUT2D eigenvalue weighted by atomic mass is 14.9. The Labute approximate surface area is 86.0 Å². The summed E-state index contributed by atoms with van der Waals surface area (Å²) >= 11 is 0. The monoisotopic (exact) mass is 196 g/mol.